The van der Waals surface area contributed by atoms with Gasteiger partial charge in [0, 0.05) is 24.8 Å². The van der Waals surface area contributed by atoms with E-state index in [-0.39, 0.29) is 42.9 Å². The predicted octanol–water partition coefficient (Wildman–Crippen LogP) is 3.97. The summed E-state index contributed by atoms with van der Waals surface area (Å²) in [6.07, 6.45) is 1.76. The highest BCUT2D eigenvalue weighted by Gasteiger charge is 2.39. The van der Waals surface area contributed by atoms with Crippen LogP contribution in [-0.4, -0.2) is 54.5 Å². The number of amides is 3. The Morgan fingerprint density at radius 3 is 2.63 bits per heavy atom. The molecule has 186 valence electrons. The van der Waals surface area contributed by atoms with Crippen LogP contribution < -0.4 is 15.4 Å². The van der Waals surface area contributed by atoms with Crippen LogP contribution in [0.4, 0.5) is 15.8 Å². The molecule has 1 fully saturated rings. The minimum Gasteiger partial charge on any atom is -0.490 e. The van der Waals surface area contributed by atoms with Gasteiger partial charge in [0.05, 0.1) is 24.1 Å². The van der Waals surface area contributed by atoms with Crippen LogP contribution in [0.25, 0.3) is 0 Å². The molecule has 8 nitrogen and oxygen atoms in total. The Morgan fingerprint density at radius 1 is 1.09 bits per heavy atom. The van der Waals surface area contributed by atoms with Gasteiger partial charge in [-0.1, -0.05) is 13.0 Å². The average molecular weight is 484 g/mol. The second-order valence-electron chi connectivity index (χ2n) is 8.94. The van der Waals surface area contributed by atoms with E-state index in [2.05, 4.69) is 10.6 Å². The molecule has 2 aromatic carbocycles. The number of anilines is 2. The van der Waals surface area contributed by atoms with E-state index in [1.165, 1.54) is 18.2 Å². The standard InChI is InChI=1S/C26H30FN3O5/c1-3-5-24(31)28-18-8-11-22-20(13-18)26(33)30(2)21-10-9-19(35-23(21)15-34-22)14-25(32)29-17-7-4-6-16(27)12-17/h4,6-8,11-13,19,21,23H,3,5,9-10,14-15H2,1-2H3,(H,28,31)(H,29,32)/t19-,21+,23-/m1/s1. The van der Waals surface area contributed by atoms with Crippen LogP contribution in [0.2, 0.25) is 0 Å². The molecule has 35 heavy (non-hydrogen) atoms. The minimum atomic E-state index is -0.422. The van der Waals surface area contributed by atoms with Crippen molar-refractivity contribution >= 4 is 29.1 Å². The molecule has 2 N–H and O–H groups in total. The summed E-state index contributed by atoms with van der Waals surface area (Å²) in [5.74, 6) is -0.586. The minimum absolute atomic E-state index is 0.103. The van der Waals surface area contributed by atoms with E-state index < -0.39 is 11.9 Å². The zero-order valence-corrected chi connectivity index (χ0v) is 19.9. The summed E-state index contributed by atoms with van der Waals surface area (Å²) < 4.78 is 25.5. The Kier molecular flexibility index (Phi) is 7.65. The van der Waals surface area contributed by atoms with Crippen LogP contribution in [0.1, 0.15) is 49.4 Å². The number of ether oxygens (including phenoxy) is 2. The number of likely N-dealkylation sites (N-methyl/N-ethyl adjacent to an activating group) is 1. The van der Waals surface area contributed by atoms with E-state index in [1.807, 2.05) is 6.92 Å². The van der Waals surface area contributed by atoms with Gasteiger partial charge in [0.15, 0.2) is 0 Å². The predicted molar refractivity (Wildman–Crippen MR) is 129 cm³/mol. The van der Waals surface area contributed by atoms with Gasteiger partial charge in [0.25, 0.3) is 5.91 Å². The third-order valence-corrected chi connectivity index (χ3v) is 6.29. The van der Waals surface area contributed by atoms with E-state index in [1.54, 1.807) is 36.2 Å². The lowest BCUT2D eigenvalue weighted by atomic mass is 9.94. The first-order valence-electron chi connectivity index (χ1n) is 11.9. The zero-order chi connectivity index (χ0) is 24.9. The van der Waals surface area contributed by atoms with Crippen molar-refractivity contribution in [1.29, 1.82) is 0 Å². The van der Waals surface area contributed by atoms with Gasteiger partial charge in [-0.2, -0.15) is 0 Å². The lowest BCUT2D eigenvalue weighted by Gasteiger charge is -2.42. The van der Waals surface area contributed by atoms with Gasteiger partial charge >= 0.3 is 0 Å². The fourth-order valence-corrected chi connectivity index (χ4v) is 4.54. The van der Waals surface area contributed by atoms with E-state index in [9.17, 15) is 18.8 Å². The van der Waals surface area contributed by atoms with E-state index in [4.69, 9.17) is 9.47 Å². The molecule has 3 amide bonds. The van der Waals surface area contributed by atoms with Crippen LogP contribution in [-0.2, 0) is 14.3 Å². The summed E-state index contributed by atoms with van der Waals surface area (Å²) in [5, 5.41) is 5.51. The summed E-state index contributed by atoms with van der Waals surface area (Å²) in [4.78, 5) is 39.4. The first kappa shape index (κ1) is 24.7. The molecular weight excluding hydrogens is 453 g/mol. The number of hydrogen-bond acceptors (Lipinski definition) is 5. The van der Waals surface area contributed by atoms with Gasteiger partial charge in [-0.15, -0.1) is 0 Å². The topological polar surface area (TPSA) is 97.0 Å². The average Bonchev–Trinajstić information content (AvgIpc) is 2.82. The van der Waals surface area contributed by atoms with Crippen LogP contribution >= 0.6 is 0 Å². The summed E-state index contributed by atoms with van der Waals surface area (Å²) in [7, 11) is 1.73. The van der Waals surface area contributed by atoms with Crippen molar-refractivity contribution < 1.29 is 28.2 Å². The Labute approximate surface area is 203 Å². The Balaban J connectivity index is 1.42. The van der Waals surface area contributed by atoms with Gasteiger partial charge in [-0.05, 0) is 55.7 Å². The molecule has 2 aliphatic rings. The van der Waals surface area contributed by atoms with Gasteiger partial charge < -0.3 is 25.0 Å². The fraction of sp³-hybridized carbons (Fsp3) is 0.423. The number of carbonyl (C=O) groups is 3. The molecule has 0 radical (unpaired) electrons. The number of hydrogen-bond donors (Lipinski definition) is 2. The van der Waals surface area contributed by atoms with Crippen molar-refractivity contribution in [2.24, 2.45) is 0 Å². The van der Waals surface area contributed by atoms with E-state index in [0.29, 0.717) is 42.0 Å². The summed E-state index contributed by atoms with van der Waals surface area (Å²) in [5.41, 5.74) is 1.33. The molecule has 0 aliphatic carbocycles. The van der Waals surface area contributed by atoms with E-state index in [0.717, 1.165) is 6.42 Å². The number of fused-ring (bicyclic) bond motifs is 2. The summed E-state index contributed by atoms with van der Waals surface area (Å²) in [6.45, 7) is 2.15. The lowest BCUT2D eigenvalue weighted by Crippen LogP contribution is -2.53. The van der Waals surface area contributed by atoms with Crippen molar-refractivity contribution in [3.05, 3.63) is 53.8 Å². The molecule has 2 aliphatic heterocycles. The second kappa shape index (κ2) is 10.9. The Hall–Kier alpha value is -3.46. The van der Waals surface area contributed by atoms with Crippen molar-refractivity contribution in [3.63, 3.8) is 0 Å². The normalized spacial score (nSPS) is 21.6. The number of nitrogens with one attached hydrogen (secondary N) is 2. The van der Waals surface area contributed by atoms with Gasteiger partial charge in [-0.25, -0.2) is 4.39 Å². The number of carbonyl (C=O) groups excluding carboxylic acids is 3. The quantitative estimate of drug-likeness (QED) is 0.648. The second-order valence-corrected chi connectivity index (χ2v) is 8.94. The first-order chi connectivity index (χ1) is 16.8. The highest BCUT2D eigenvalue weighted by molar-refractivity contribution is 5.99. The molecule has 9 heteroatoms. The fourth-order valence-electron chi connectivity index (χ4n) is 4.54. The number of halogens is 1. The first-order valence-corrected chi connectivity index (χ1v) is 11.9. The highest BCUT2D eigenvalue weighted by Crippen LogP contribution is 2.32. The SMILES string of the molecule is CCCC(=O)Nc1ccc2c(c1)C(=O)N(C)[C@H]1CC[C@H](CC(=O)Nc3cccc(F)c3)O[C@@H]1CO2. The molecule has 2 aromatic rings. The van der Waals surface area contributed by atoms with Crippen molar-refractivity contribution in [1.82, 2.24) is 4.90 Å². The van der Waals surface area contributed by atoms with Crippen LogP contribution in [0, 0.1) is 5.82 Å². The molecular formula is C26H30FN3O5. The highest BCUT2D eigenvalue weighted by atomic mass is 19.1. The van der Waals surface area contributed by atoms with Crippen molar-refractivity contribution in [2.45, 2.75) is 57.3 Å². The lowest BCUT2D eigenvalue weighted by molar-refractivity contribution is -0.130. The van der Waals surface area contributed by atoms with Gasteiger partial charge in [0.1, 0.15) is 24.3 Å². The molecule has 3 atom stereocenters. The molecule has 0 unspecified atom stereocenters. The third-order valence-electron chi connectivity index (χ3n) is 6.29. The number of benzene rings is 2. The monoisotopic (exact) mass is 483 g/mol. The maximum absolute atomic E-state index is 13.4. The maximum Gasteiger partial charge on any atom is 0.257 e. The van der Waals surface area contributed by atoms with E-state index >= 15 is 0 Å². The molecule has 0 bridgehead atoms. The van der Waals surface area contributed by atoms with Gasteiger partial charge in [0.2, 0.25) is 11.8 Å². The molecule has 0 spiro atoms. The number of nitrogens with zero attached hydrogens (tertiary/aromatic N) is 1. The van der Waals surface area contributed by atoms with Crippen LogP contribution in [0.15, 0.2) is 42.5 Å². The van der Waals surface area contributed by atoms with Crippen molar-refractivity contribution in [2.75, 3.05) is 24.3 Å². The smallest absolute Gasteiger partial charge is 0.257 e. The largest absolute Gasteiger partial charge is 0.490 e. The maximum atomic E-state index is 13.4. The summed E-state index contributed by atoms with van der Waals surface area (Å²) in [6, 6.07) is 10.5. The number of rotatable bonds is 6. The third kappa shape index (κ3) is 5.97. The molecule has 1 saturated heterocycles. The Bertz CT molecular complexity index is 1110. The van der Waals surface area contributed by atoms with Crippen molar-refractivity contribution in [3.8, 4) is 5.75 Å². The summed E-state index contributed by atoms with van der Waals surface area (Å²) >= 11 is 0. The Morgan fingerprint density at radius 2 is 1.86 bits per heavy atom. The zero-order valence-electron chi connectivity index (χ0n) is 19.9. The van der Waals surface area contributed by atoms with Gasteiger partial charge in [-0.3, -0.25) is 14.4 Å². The van der Waals surface area contributed by atoms with Crippen LogP contribution in [0.5, 0.6) is 5.75 Å². The molecule has 0 aromatic heterocycles. The molecule has 2 heterocycles. The molecule has 4 rings (SSSR count). The van der Waals surface area contributed by atoms with Crippen LogP contribution in [0.3, 0.4) is 0 Å². The molecule has 0 saturated carbocycles.